The fourth-order valence-electron chi connectivity index (χ4n) is 1.99. The molecule has 0 bridgehead atoms. The van der Waals surface area contributed by atoms with Crippen molar-refractivity contribution in [1.29, 1.82) is 5.26 Å². The van der Waals surface area contributed by atoms with Gasteiger partial charge in [0.15, 0.2) is 5.92 Å². The zero-order valence-corrected chi connectivity index (χ0v) is 12.2. The van der Waals surface area contributed by atoms with Crippen LogP contribution in [0.1, 0.15) is 19.4 Å². The first-order valence-electron chi connectivity index (χ1n) is 6.90. The van der Waals surface area contributed by atoms with Crippen LogP contribution in [0.2, 0.25) is 0 Å². The van der Waals surface area contributed by atoms with E-state index in [-0.39, 0.29) is 19.6 Å². The molecule has 0 saturated heterocycles. The van der Waals surface area contributed by atoms with Crippen LogP contribution in [0.15, 0.2) is 30.3 Å². The minimum Gasteiger partial charge on any atom is -0.466 e. The van der Waals surface area contributed by atoms with Crippen LogP contribution in [0.25, 0.3) is 0 Å². The molecule has 0 fully saturated rings. The third-order valence-electron chi connectivity index (χ3n) is 2.97. The molecule has 0 N–H and O–H groups in total. The second-order valence-electron chi connectivity index (χ2n) is 4.41. The summed E-state index contributed by atoms with van der Waals surface area (Å²) in [6.07, 6.45) is 0.261. The zero-order chi connectivity index (χ0) is 15.7. The molecule has 0 spiro atoms. The molecule has 2 atom stereocenters. The summed E-state index contributed by atoms with van der Waals surface area (Å²) in [5.74, 6) is -3.27. The van der Waals surface area contributed by atoms with Gasteiger partial charge in [0, 0.05) is 0 Å². The molecule has 0 aromatic heterocycles. The fourth-order valence-corrected chi connectivity index (χ4v) is 1.99. The Morgan fingerprint density at radius 1 is 1.10 bits per heavy atom. The van der Waals surface area contributed by atoms with Crippen LogP contribution in [-0.2, 0) is 25.5 Å². The van der Waals surface area contributed by atoms with Crippen LogP contribution in [-0.4, -0.2) is 25.2 Å². The van der Waals surface area contributed by atoms with Gasteiger partial charge in [0.05, 0.1) is 25.2 Å². The highest BCUT2D eigenvalue weighted by Gasteiger charge is 2.36. The van der Waals surface area contributed by atoms with E-state index in [1.165, 1.54) is 0 Å². The van der Waals surface area contributed by atoms with Crippen molar-refractivity contribution in [2.75, 3.05) is 13.2 Å². The molecule has 0 amide bonds. The van der Waals surface area contributed by atoms with Gasteiger partial charge in [-0.25, -0.2) is 0 Å². The van der Waals surface area contributed by atoms with Gasteiger partial charge in [0.2, 0.25) is 0 Å². The Bertz CT molecular complexity index is 507. The van der Waals surface area contributed by atoms with Crippen molar-refractivity contribution in [3.05, 3.63) is 35.9 Å². The standard InChI is InChI=1S/C16H19NO4/c1-3-20-15(18)13(10-12-8-6-5-7-9-12)14(11-17)16(19)21-4-2/h5-9,13-14H,3-4,10H2,1-2H3. The smallest absolute Gasteiger partial charge is 0.324 e. The average molecular weight is 289 g/mol. The van der Waals surface area contributed by atoms with Crippen molar-refractivity contribution in [3.8, 4) is 6.07 Å². The maximum absolute atomic E-state index is 12.1. The number of esters is 2. The van der Waals surface area contributed by atoms with E-state index in [9.17, 15) is 14.9 Å². The summed E-state index contributed by atoms with van der Waals surface area (Å²) >= 11 is 0. The Morgan fingerprint density at radius 3 is 2.19 bits per heavy atom. The van der Waals surface area contributed by atoms with Gasteiger partial charge in [-0.3, -0.25) is 9.59 Å². The highest BCUT2D eigenvalue weighted by molar-refractivity contribution is 5.84. The molecule has 1 aromatic rings. The van der Waals surface area contributed by atoms with Crippen LogP contribution in [0.5, 0.6) is 0 Å². The first-order chi connectivity index (χ1) is 10.1. The minimum atomic E-state index is -1.16. The Labute approximate surface area is 124 Å². The number of benzene rings is 1. The third-order valence-corrected chi connectivity index (χ3v) is 2.97. The molecule has 112 valence electrons. The molecule has 5 heteroatoms. The van der Waals surface area contributed by atoms with Gasteiger partial charge < -0.3 is 9.47 Å². The van der Waals surface area contributed by atoms with Crippen molar-refractivity contribution in [2.24, 2.45) is 11.8 Å². The molecular formula is C16H19NO4. The molecule has 5 nitrogen and oxygen atoms in total. The van der Waals surface area contributed by atoms with E-state index in [2.05, 4.69) is 0 Å². The Balaban J connectivity index is 2.98. The summed E-state index contributed by atoms with van der Waals surface area (Å²) in [6.45, 7) is 3.70. The van der Waals surface area contributed by atoms with Crippen molar-refractivity contribution in [3.63, 3.8) is 0 Å². The lowest BCUT2D eigenvalue weighted by molar-refractivity contribution is -0.158. The number of rotatable bonds is 7. The predicted molar refractivity (Wildman–Crippen MR) is 76.0 cm³/mol. The van der Waals surface area contributed by atoms with Gasteiger partial charge in [-0.05, 0) is 25.8 Å². The number of carbonyl (C=O) groups excluding carboxylic acids is 2. The van der Waals surface area contributed by atoms with Crippen LogP contribution >= 0.6 is 0 Å². The SMILES string of the molecule is CCOC(=O)C(C#N)C(Cc1ccccc1)C(=O)OCC. The third kappa shape index (κ3) is 4.92. The van der Waals surface area contributed by atoms with E-state index in [0.717, 1.165) is 5.56 Å². The lowest BCUT2D eigenvalue weighted by atomic mass is 9.87. The summed E-state index contributed by atoms with van der Waals surface area (Å²) in [5.41, 5.74) is 0.861. The molecule has 2 unspecified atom stereocenters. The van der Waals surface area contributed by atoms with Crippen LogP contribution in [0.4, 0.5) is 0 Å². The lowest BCUT2D eigenvalue weighted by Gasteiger charge is -2.19. The Kier molecular flexibility index (Phi) is 6.96. The normalized spacial score (nSPS) is 12.8. The van der Waals surface area contributed by atoms with Crippen molar-refractivity contribution >= 4 is 11.9 Å². The van der Waals surface area contributed by atoms with Gasteiger partial charge in [-0.15, -0.1) is 0 Å². The highest BCUT2D eigenvalue weighted by Crippen LogP contribution is 2.21. The number of nitrogens with zero attached hydrogens (tertiary/aromatic N) is 1. The van der Waals surface area contributed by atoms with Crippen LogP contribution < -0.4 is 0 Å². The molecule has 1 rings (SSSR count). The summed E-state index contributed by atoms with van der Waals surface area (Å²) in [6, 6.07) is 11.1. The number of carbonyl (C=O) groups is 2. The van der Waals surface area contributed by atoms with E-state index in [1.54, 1.807) is 13.8 Å². The fraction of sp³-hybridized carbons (Fsp3) is 0.438. The van der Waals surface area contributed by atoms with Gasteiger partial charge >= 0.3 is 11.9 Å². The summed E-state index contributed by atoms with van der Waals surface area (Å²) in [4.78, 5) is 23.9. The van der Waals surface area contributed by atoms with Crippen molar-refractivity contribution < 1.29 is 19.1 Å². The minimum absolute atomic E-state index is 0.165. The number of hydrogen-bond acceptors (Lipinski definition) is 5. The largest absolute Gasteiger partial charge is 0.466 e. The second kappa shape index (κ2) is 8.75. The zero-order valence-electron chi connectivity index (χ0n) is 12.2. The topological polar surface area (TPSA) is 76.4 Å². The van der Waals surface area contributed by atoms with Crippen LogP contribution in [0.3, 0.4) is 0 Å². The summed E-state index contributed by atoms with van der Waals surface area (Å²) < 4.78 is 9.86. The molecule has 1 aromatic carbocycles. The molecule has 21 heavy (non-hydrogen) atoms. The Morgan fingerprint density at radius 2 is 1.67 bits per heavy atom. The lowest BCUT2D eigenvalue weighted by Crippen LogP contribution is -2.33. The van der Waals surface area contributed by atoms with E-state index in [1.807, 2.05) is 36.4 Å². The van der Waals surface area contributed by atoms with Crippen molar-refractivity contribution in [1.82, 2.24) is 0 Å². The number of hydrogen-bond donors (Lipinski definition) is 0. The first kappa shape index (κ1) is 16.7. The second-order valence-corrected chi connectivity index (χ2v) is 4.41. The van der Waals surface area contributed by atoms with E-state index in [0.29, 0.717) is 0 Å². The molecule has 0 aliphatic carbocycles. The van der Waals surface area contributed by atoms with E-state index in [4.69, 9.17) is 9.47 Å². The van der Waals surface area contributed by atoms with E-state index >= 15 is 0 Å². The quantitative estimate of drug-likeness (QED) is 0.718. The molecule has 0 radical (unpaired) electrons. The summed E-state index contributed by atoms with van der Waals surface area (Å²) in [5, 5.41) is 9.23. The maximum atomic E-state index is 12.1. The van der Waals surface area contributed by atoms with Crippen molar-refractivity contribution in [2.45, 2.75) is 20.3 Å². The van der Waals surface area contributed by atoms with Crippen LogP contribution in [0, 0.1) is 23.2 Å². The molecular weight excluding hydrogens is 270 g/mol. The van der Waals surface area contributed by atoms with Gasteiger partial charge in [-0.2, -0.15) is 5.26 Å². The Hall–Kier alpha value is -2.35. The summed E-state index contributed by atoms with van der Waals surface area (Å²) in [7, 11) is 0. The number of ether oxygens (including phenoxy) is 2. The molecule has 0 heterocycles. The molecule has 0 aliphatic heterocycles. The molecule has 0 saturated carbocycles. The number of nitriles is 1. The van der Waals surface area contributed by atoms with Gasteiger partial charge in [0.25, 0.3) is 0 Å². The van der Waals surface area contributed by atoms with Gasteiger partial charge in [-0.1, -0.05) is 30.3 Å². The van der Waals surface area contributed by atoms with E-state index < -0.39 is 23.8 Å². The predicted octanol–water partition coefficient (Wildman–Crippen LogP) is 2.11. The monoisotopic (exact) mass is 289 g/mol. The average Bonchev–Trinajstić information content (AvgIpc) is 2.48. The maximum Gasteiger partial charge on any atom is 0.324 e. The first-order valence-corrected chi connectivity index (χ1v) is 6.90. The highest BCUT2D eigenvalue weighted by atomic mass is 16.5. The van der Waals surface area contributed by atoms with Gasteiger partial charge in [0.1, 0.15) is 0 Å². The molecule has 0 aliphatic rings.